The zero-order valence-corrected chi connectivity index (χ0v) is 24.7. The predicted molar refractivity (Wildman–Crippen MR) is 158 cm³/mol. The second-order valence-electron chi connectivity index (χ2n) is 10.1. The summed E-state index contributed by atoms with van der Waals surface area (Å²) in [5.41, 5.74) is 2.33. The van der Waals surface area contributed by atoms with Gasteiger partial charge in [-0.15, -0.1) is 0 Å². The highest BCUT2D eigenvalue weighted by atomic mass is 32.2. The minimum absolute atomic E-state index is 0.143. The number of nitrogens with zero attached hydrogens (tertiary/aromatic N) is 6. The van der Waals surface area contributed by atoms with E-state index in [1.807, 2.05) is 32.0 Å². The Morgan fingerprint density at radius 2 is 1.80 bits per heavy atom. The number of aromatic amines is 1. The standard InChI is InChI=1S/C29H37N7O4S/c1-4-13-34-14-16-35(17-15-34)41(38,39)22-10-11-25(40-18-5-2)23(19-22)28-31-26-24(6-3)36(33-27(26)29(37)32-28)20-21-9-7-8-12-30-21/h7-12,19H,4-6,13-18,20H2,1-3H3,(H,31,32,37). The van der Waals surface area contributed by atoms with Crippen LogP contribution in [0.5, 0.6) is 5.75 Å². The van der Waals surface area contributed by atoms with E-state index in [0.717, 1.165) is 30.8 Å². The minimum atomic E-state index is -3.76. The van der Waals surface area contributed by atoms with Crippen LogP contribution in [0.4, 0.5) is 0 Å². The van der Waals surface area contributed by atoms with Gasteiger partial charge in [0.1, 0.15) is 17.1 Å². The maximum Gasteiger partial charge on any atom is 0.279 e. The number of H-pyrrole nitrogens is 1. The lowest BCUT2D eigenvalue weighted by Gasteiger charge is -2.33. The number of rotatable bonds is 11. The summed E-state index contributed by atoms with van der Waals surface area (Å²) in [7, 11) is -3.76. The van der Waals surface area contributed by atoms with Crippen molar-refractivity contribution in [2.45, 2.75) is 51.5 Å². The molecule has 4 aromatic rings. The van der Waals surface area contributed by atoms with Gasteiger partial charge in [-0.1, -0.05) is 26.8 Å². The summed E-state index contributed by atoms with van der Waals surface area (Å²) in [5.74, 6) is 0.700. The molecule has 1 N–H and O–H groups in total. The molecule has 0 radical (unpaired) electrons. The van der Waals surface area contributed by atoms with Gasteiger partial charge in [0.2, 0.25) is 10.0 Å². The average molecular weight is 580 g/mol. The molecule has 12 heteroatoms. The molecule has 1 saturated heterocycles. The number of sulfonamides is 1. The number of aryl methyl sites for hydroxylation is 1. The molecule has 1 aromatic carbocycles. The van der Waals surface area contributed by atoms with E-state index in [1.165, 1.54) is 4.31 Å². The van der Waals surface area contributed by atoms with Crippen LogP contribution in [0.25, 0.3) is 22.4 Å². The number of ether oxygens (including phenoxy) is 1. The first-order valence-corrected chi connectivity index (χ1v) is 15.7. The van der Waals surface area contributed by atoms with Gasteiger partial charge >= 0.3 is 0 Å². The fourth-order valence-corrected chi connectivity index (χ4v) is 6.62. The number of aromatic nitrogens is 5. The van der Waals surface area contributed by atoms with Crippen molar-refractivity contribution in [2.24, 2.45) is 0 Å². The summed E-state index contributed by atoms with van der Waals surface area (Å²) in [6.07, 6.45) is 4.12. The first-order chi connectivity index (χ1) is 19.8. The van der Waals surface area contributed by atoms with Crippen molar-refractivity contribution in [3.05, 3.63) is 64.3 Å². The van der Waals surface area contributed by atoms with E-state index in [-0.39, 0.29) is 16.2 Å². The highest BCUT2D eigenvalue weighted by Crippen LogP contribution is 2.32. The molecule has 11 nitrogen and oxygen atoms in total. The Kier molecular flexibility index (Phi) is 8.81. The molecular weight excluding hydrogens is 542 g/mol. The van der Waals surface area contributed by atoms with Gasteiger partial charge < -0.3 is 14.6 Å². The third kappa shape index (κ3) is 6.04. The maximum atomic E-state index is 13.7. The van der Waals surface area contributed by atoms with Gasteiger partial charge in [-0.3, -0.25) is 14.5 Å². The van der Waals surface area contributed by atoms with E-state index >= 15 is 0 Å². The Morgan fingerprint density at radius 3 is 2.49 bits per heavy atom. The molecule has 1 aliphatic rings. The van der Waals surface area contributed by atoms with Crippen molar-refractivity contribution in [2.75, 3.05) is 39.3 Å². The van der Waals surface area contributed by atoms with E-state index in [0.29, 0.717) is 62.6 Å². The molecule has 0 unspecified atom stereocenters. The van der Waals surface area contributed by atoms with Crippen LogP contribution < -0.4 is 10.3 Å². The molecule has 218 valence electrons. The van der Waals surface area contributed by atoms with Crippen molar-refractivity contribution in [1.82, 2.24) is 33.9 Å². The quantitative estimate of drug-likeness (QED) is 0.287. The third-order valence-electron chi connectivity index (χ3n) is 7.25. The van der Waals surface area contributed by atoms with Crippen LogP contribution in [0.15, 0.2) is 52.3 Å². The highest BCUT2D eigenvalue weighted by molar-refractivity contribution is 7.89. The Balaban J connectivity index is 1.56. The monoisotopic (exact) mass is 579 g/mol. The molecule has 1 fully saturated rings. The van der Waals surface area contributed by atoms with E-state index in [9.17, 15) is 13.2 Å². The summed E-state index contributed by atoms with van der Waals surface area (Å²) < 4.78 is 36.6. The minimum Gasteiger partial charge on any atom is -0.493 e. The zero-order chi connectivity index (χ0) is 29.0. The van der Waals surface area contributed by atoms with Gasteiger partial charge in [0.25, 0.3) is 5.56 Å². The van der Waals surface area contributed by atoms with Crippen LogP contribution >= 0.6 is 0 Å². The van der Waals surface area contributed by atoms with E-state index in [2.05, 4.69) is 26.9 Å². The number of hydrogen-bond donors (Lipinski definition) is 1. The van der Waals surface area contributed by atoms with Gasteiger partial charge in [0.15, 0.2) is 5.52 Å². The molecule has 0 amide bonds. The molecule has 0 saturated carbocycles. The fraction of sp³-hybridized carbons (Fsp3) is 0.448. The molecule has 0 aliphatic carbocycles. The van der Waals surface area contributed by atoms with Crippen LogP contribution in [-0.2, 0) is 23.0 Å². The maximum absolute atomic E-state index is 13.7. The molecule has 41 heavy (non-hydrogen) atoms. The summed E-state index contributed by atoms with van der Waals surface area (Å²) in [5, 5.41) is 4.55. The first kappa shape index (κ1) is 28.9. The summed E-state index contributed by atoms with van der Waals surface area (Å²) in [6, 6.07) is 10.4. The average Bonchev–Trinajstić information content (AvgIpc) is 3.34. The largest absolute Gasteiger partial charge is 0.493 e. The van der Waals surface area contributed by atoms with E-state index in [4.69, 9.17) is 9.72 Å². The van der Waals surface area contributed by atoms with Crippen molar-refractivity contribution in [1.29, 1.82) is 0 Å². The molecule has 0 bridgehead atoms. The number of nitrogens with one attached hydrogen (secondary N) is 1. The molecule has 0 spiro atoms. The van der Waals surface area contributed by atoms with Crippen molar-refractivity contribution in [3.8, 4) is 17.1 Å². The van der Waals surface area contributed by atoms with Gasteiger partial charge in [0.05, 0.1) is 35.0 Å². The SMILES string of the molecule is CCCOc1ccc(S(=O)(=O)N2CCN(CCC)CC2)cc1-c1nc2c(CC)n(Cc3ccccn3)nc2c(=O)[nH]1. The van der Waals surface area contributed by atoms with Gasteiger partial charge in [-0.25, -0.2) is 13.4 Å². The van der Waals surface area contributed by atoms with Crippen LogP contribution in [0.2, 0.25) is 0 Å². The van der Waals surface area contributed by atoms with Crippen molar-refractivity contribution in [3.63, 3.8) is 0 Å². The van der Waals surface area contributed by atoms with Crippen LogP contribution in [-0.4, -0.2) is 81.7 Å². The number of benzene rings is 1. The topological polar surface area (TPSA) is 126 Å². The lowest BCUT2D eigenvalue weighted by atomic mass is 10.1. The normalized spacial score (nSPS) is 15.0. The Bertz CT molecular complexity index is 1660. The molecule has 0 atom stereocenters. The van der Waals surface area contributed by atoms with Gasteiger partial charge in [-0.05, 0) is 56.1 Å². The lowest BCUT2D eigenvalue weighted by Crippen LogP contribution is -2.48. The van der Waals surface area contributed by atoms with E-state index in [1.54, 1.807) is 29.1 Å². The fourth-order valence-electron chi connectivity index (χ4n) is 5.17. The molecular formula is C29H37N7O4S. The Hall–Kier alpha value is -3.61. The third-order valence-corrected chi connectivity index (χ3v) is 9.14. The summed E-state index contributed by atoms with van der Waals surface area (Å²) in [4.78, 5) is 27.8. The van der Waals surface area contributed by atoms with Crippen LogP contribution in [0.1, 0.15) is 45.0 Å². The lowest BCUT2D eigenvalue weighted by molar-refractivity contribution is 0.188. The summed E-state index contributed by atoms with van der Waals surface area (Å²) >= 11 is 0. The van der Waals surface area contributed by atoms with Gasteiger partial charge in [-0.2, -0.15) is 9.40 Å². The van der Waals surface area contributed by atoms with Gasteiger partial charge in [0, 0.05) is 32.4 Å². The van der Waals surface area contributed by atoms with Crippen molar-refractivity contribution < 1.29 is 13.2 Å². The zero-order valence-electron chi connectivity index (χ0n) is 23.8. The summed E-state index contributed by atoms with van der Waals surface area (Å²) in [6.45, 7) is 10.2. The first-order valence-electron chi connectivity index (χ1n) is 14.2. The smallest absolute Gasteiger partial charge is 0.279 e. The predicted octanol–water partition coefficient (Wildman–Crippen LogP) is 3.30. The second-order valence-corrected chi connectivity index (χ2v) is 12.1. The molecule has 4 heterocycles. The second kappa shape index (κ2) is 12.5. The van der Waals surface area contributed by atoms with Crippen LogP contribution in [0.3, 0.4) is 0 Å². The molecule has 5 rings (SSSR count). The number of hydrogen-bond acceptors (Lipinski definition) is 8. The van der Waals surface area contributed by atoms with Crippen molar-refractivity contribution >= 4 is 21.1 Å². The molecule has 1 aliphatic heterocycles. The van der Waals surface area contributed by atoms with Crippen LogP contribution in [0, 0.1) is 0 Å². The molecule has 3 aromatic heterocycles. The Labute approximate surface area is 240 Å². The number of pyridine rings is 1. The highest BCUT2D eigenvalue weighted by Gasteiger charge is 2.29. The van der Waals surface area contributed by atoms with E-state index < -0.39 is 15.6 Å². The number of piperazine rings is 1. The Morgan fingerprint density at radius 1 is 1.00 bits per heavy atom. The number of fused-ring (bicyclic) bond motifs is 1.